The zero-order chi connectivity index (χ0) is 14.1. The highest BCUT2D eigenvalue weighted by Crippen LogP contribution is 2.23. The van der Waals surface area contributed by atoms with E-state index in [4.69, 9.17) is 5.11 Å². The molecule has 0 bridgehead atoms. The number of hydrogen-bond donors (Lipinski definition) is 2. The largest absolute Gasteiger partial charge is 0.465 e. The number of carboxylic acid groups (broad SMARTS) is 1. The number of benzene rings is 1. The van der Waals surface area contributed by atoms with Crippen LogP contribution in [0, 0.1) is 0 Å². The van der Waals surface area contributed by atoms with E-state index in [2.05, 4.69) is 20.4 Å². The zero-order valence-electron chi connectivity index (χ0n) is 10.6. The van der Waals surface area contributed by atoms with E-state index in [-0.39, 0.29) is 5.95 Å². The summed E-state index contributed by atoms with van der Waals surface area (Å²) in [4.78, 5) is 18.7. The fourth-order valence-corrected chi connectivity index (χ4v) is 1.93. The Morgan fingerprint density at radius 1 is 1.30 bits per heavy atom. The van der Waals surface area contributed by atoms with Crippen LogP contribution in [0.4, 0.5) is 10.7 Å². The van der Waals surface area contributed by atoms with Crippen LogP contribution in [-0.2, 0) is 7.05 Å². The van der Waals surface area contributed by atoms with Crippen LogP contribution in [0.3, 0.4) is 0 Å². The van der Waals surface area contributed by atoms with Crippen LogP contribution in [0.1, 0.15) is 0 Å². The smallest absolute Gasteiger partial charge is 0.411 e. The van der Waals surface area contributed by atoms with Crippen molar-refractivity contribution in [2.75, 3.05) is 5.32 Å². The number of fused-ring (bicyclic) bond motifs is 1. The maximum absolute atomic E-state index is 10.6. The molecular formula is C13H11N5O2. The van der Waals surface area contributed by atoms with Gasteiger partial charge in [-0.3, -0.25) is 10.00 Å². The van der Waals surface area contributed by atoms with Crippen molar-refractivity contribution < 1.29 is 9.90 Å². The van der Waals surface area contributed by atoms with Crippen LogP contribution >= 0.6 is 0 Å². The molecule has 2 aromatic heterocycles. The minimum Gasteiger partial charge on any atom is -0.465 e. The van der Waals surface area contributed by atoms with E-state index in [1.165, 1.54) is 0 Å². The summed E-state index contributed by atoms with van der Waals surface area (Å²) >= 11 is 0. The third kappa shape index (κ3) is 2.28. The lowest BCUT2D eigenvalue weighted by Gasteiger charge is -2.03. The molecule has 7 nitrogen and oxygen atoms in total. The third-order valence-electron chi connectivity index (χ3n) is 2.84. The van der Waals surface area contributed by atoms with Crippen LogP contribution in [0.25, 0.3) is 22.0 Å². The lowest BCUT2D eigenvalue weighted by Crippen LogP contribution is -2.10. The predicted octanol–water partition coefficient (Wildman–Crippen LogP) is 2.12. The number of aryl methyl sites for hydroxylation is 1. The average Bonchev–Trinajstić information content (AvgIpc) is 2.84. The first-order valence-corrected chi connectivity index (χ1v) is 5.87. The lowest BCUT2D eigenvalue weighted by molar-refractivity contribution is 0.209. The number of hydrogen-bond acceptors (Lipinski definition) is 4. The van der Waals surface area contributed by atoms with Crippen molar-refractivity contribution in [1.82, 2.24) is 19.7 Å². The predicted molar refractivity (Wildman–Crippen MR) is 73.4 cm³/mol. The highest BCUT2D eigenvalue weighted by molar-refractivity contribution is 5.86. The van der Waals surface area contributed by atoms with E-state index in [0.717, 1.165) is 16.5 Å². The number of nitrogens with one attached hydrogen (secondary N) is 1. The number of aromatic nitrogens is 4. The Balaban J connectivity index is 2.06. The molecule has 20 heavy (non-hydrogen) atoms. The van der Waals surface area contributed by atoms with Gasteiger partial charge in [-0.25, -0.2) is 14.8 Å². The van der Waals surface area contributed by atoms with Crippen molar-refractivity contribution in [2.45, 2.75) is 0 Å². The zero-order valence-corrected chi connectivity index (χ0v) is 10.6. The summed E-state index contributed by atoms with van der Waals surface area (Å²) in [6, 6.07) is 5.72. The summed E-state index contributed by atoms with van der Waals surface area (Å²) in [6.45, 7) is 0. The molecule has 1 amide bonds. The molecular weight excluding hydrogens is 258 g/mol. The Morgan fingerprint density at radius 3 is 2.85 bits per heavy atom. The van der Waals surface area contributed by atoms with Crippen molar-refractivity contribution >= 4 is 22.9 Å². The SMILES string of the molecule is Cn1cc(-c2ccc3cnc(NC(=O)O)nc3c2)cn1. The number of anilines is 1. The molecule has 0 atom stereocenters. The number of nitrogens with zero attached hydrogens (tertiary/aromatic N) is 4. The van der Waals surface area contributed by atoms with Gasteiger partial charge in [0.2, 0.25) is 5.95 Å². The Kier molecular flexibility index (Phi) is 2.79. The van der Waals surface area contributed by atoms with Gasteiger partial charge in [-0.15, -0.1) is 0 Å². The Hall–Kier alpha value is -2.96. The fraction of sp³-hybridized carbons (Fsp3) is 0.0769. The van der Waals surface area contributed by atoms with Crippen molar-refractivity contribution in [2.24, 2.45) is 7.05 Å². The fourth-order valence-electron chi connectivity index (χ4n) is 1.93. The molecule has 100 valence electrons. The van der Waals surface area contributed by atoms with Crippen LogP contribution < -0.4 is 5.32 Å². The van der Waals surface area contributed by atoms with E-state index in [1.807, 2.05) is 31.4 Å². The van der Waals surface area contributed by atoms with Gasteiger partial charge in [0.05, 0.1) is 11.7 Å². The molecule has 3 rings (SSSR count). The standard InChI is InChI=1S/C13H11N5O2/c1-18-7-10(6-15-18)8-2-3-9-5-14-12(17-13(19)20)16-11(9)4-8/h2-7H,1H3,(H,19,20)(H,14,16,17). The van der Waals surface area contributed by atoms with Gasteiger partial charge < -0.3 is 5.11 Å². The van der Waals surface area contributed by atoms with Crippen LogP contribution in [0.5, 0.6) is 0 Å². The topological polar surface area (TPSA) is 92.9 Å². The minimum absolute atomic E-state index is 0.0633. The molecule has 2 N–H and O–H groups in total. The Morgan fingerprint density at radius 2 is 2.15 bits per heavy atom. The van der Waals surface area contributed by atoms with Gasteiger partial charge in [-0.05, 0) is 11.6 Å². The minimum atomic E-state index is -1.19. The molecule has 7 heteroatoms. The summed E-state index contributed by atoms with van der Waals surface area (Å²) in [7, 11) is 1.85. The molecule has 0 saturated heterocycles. The van der Waals surface area contributed by atoms with Crippen LogP contribution in [0.15, 0.2) is 36.8 Å². The molecule has 0 aliphatic carbocycles. The van der Waals surface area contributed by atoms with Crippen molar-refractivity contribution in [3.8, 4) is 11.1 Å². The maximum atomic E-state index is 10.6. The van der Waals surface area contributed by atoms with E-state index in [1.54, 1.807) is 17.1 Å². The van der Waals surface area contributed by atoms with Gasteiger partial charge >= 0.3 is 6.09 Å². The number of carbonyl (C=O) groups is 1. The molecule has 0 saturated carbocycles. The summed E-state index contributed by atoms with van der Waals surface area (Å²) in [5, 5.41) is 15.8. The molecule has 0 unspecified atom stereocenters. The van der Waals surface area contributed by atoms with E-state index in [0.29, 0.717) is 5.52 Å². The van der Waals surface area contributed by atoms with Gasteiger partial charge in [0, 0.05) is 30.4 Å². The summed E-state index contributed by atoms with van der Waals surface area (Å²) < 4.78 is 1.72. The molecule has 0 spiro atoms. The quantitative estimate of drug-likeness (QED) is 0.743. The maximum Gasteiger partial charge on any atom is 0.411 e. The second-order valence-electron chi connectivity index (χ2n) is 4.30. The van der Waals surface area contributed by atoms with E-state index < -0.39 is 6.09 Å². The Labute approximate surface area is 113 Å². The number of amides is 1. The van der Waals surface area contributed by atoms with E-state index >= 15 is 0 Å². The molecule has 3 aromatic rings. The van der Waals surface area contributed by atoms with Gasteiger partial charge in [-0.1, -0.05) is 12.1 Å². The average molecular weight is 269 g/mol. The van der Waals surface area contributed by atoms with Crippen LogP contribution in [-0.4, -0.2) is 30.9 Å². The van der Waals surface area contributed by atoms with Crippen molar-refractivity contribution in [3.05, 3.63) is 36.8 Å². The first kappa shape index (κ1) is 12.1. The second-order valence-corrected chi connectivity index (χ2v) is 4.30. The lowest BCUT2D eigenvalue weighted by atomic mass is 10.1. The summed E-state index contributed by atoms with van der Waals surface area (Å²) in [5.41, 5.74) is 2.61. The van der Waals surface area contributed by atoms with Crippen LogP contribution in [0.2, 0.25) is 0 Å². The van der Waals surface area contributed by atoms with E-state index in [9.17, 15) is 4.79 Å². The molecule has 1 aromatic carbocycles. The van der Waals surface area contributed by atoms with Gasteiger partial charge in [0.1, 0.15) is 0 Å². The van der Waals surface area contributed by atoms with Crippen molar-refractivity contribution in [3.63, 3.8) is 0 Å². The summed E-state index contributed by atoms with van der Waals surface area (Å²) in [5.74, 6) is 0.0633. The number of rotatable bonds is 2. The highest BCUT2D eigenvalue weighted by Gasteiger charge is 2.06. The molecule has 0 radical (unpaired) electrons. The van der Waals surface area contributed by atoms with Gasteiger partial charge in [0.15, 0.2) is 0 Å². The Bertz CT molecular complexity index is 796. The first-order chi connectivity index (χ1) is 9.61. The first-order valence-electron chi connectivity index (χ1n) is 5.87. The third-order valence-corrected chi connectivity index (χ3v) is 2.84. The molecule has 0 aliphatic heterocycles. The molecule has 0 fully saturated rings. The molecule has 0 aliphatic rings. The second kappa shape index (κ2) is 4.61. The highest BCUT2D eigenvalue weighted by atomic mass is 16.4. The van der Waals surface area contributed by atoms with Gasteiger partial charge in [0.25, 0.3) is 0 Å². The van der Waals surface area contributed by atoms with Crippen molar-refractivity contribution in [1.29, 1.82) is 0 Å². The summed E-state index contributed by atoms with van der Waals surface area (Å²) in [6.07, 6.45) is 4.06. The molecule has 2 heterocycles. The normalized spacial score (nSPS) is 10.7. The monoisotopic (exact) mass is 269 g/mol. The van der Waals surface area contributed by atoms with Gasteiger partial charge in [-0.2, -0.15) is 5.10 Å².